The van der Waals surface area contributed by atoms with E-state index in [1.165, 1.54) is 49.1 Å². The van der Waals surface area contributed by atoms with Gasteiger partial charge in [-0.05, 0) is 78.6 Å². The highest BCUT2D eigenvalue weighted by molar-refractivity contribution is 7.99. The summed E-state index contributed by atoms with van der Waals surface area (Å²) in [4.78, 5) is 4.17. The average Bonchev–Trinajstić information content (AvgIpc) is 3.02. The molecule has 1 atom stereocenters. The third-order valence-electron chi connectivity index (χ3n) is 5.00. The lowest BCUT2D eigenvalue weighted by Gasteiger charge is -2.32. The molecule has 0 saturated carbocycles. The van der Waals surface area contributed by atoms with E-state index >= 15 is 0 Å². The molecule has 2 aromatic rings. The largest absolute Gasteiger partial charge is 0.300 e. The highest BCUT2D eigenvalue weighted by Crippen LogP contribution is 2.35. The smallest absolute Gasteiger partial charge is 0.0176 e. The Morgan fingerprint density at radius 2 is 1.90 bits per heavy atom. The minimum atomic E-state index is 0.729. The first-order chi connectivity index (χ1) is 10.3. The number of nitrogens with zero attached hydrogens (tertiary/aromatic N) is 1. The van der Waals surface area contributed by atoms with Crippen LogP contribution < -0.4 is 0 Å². The molecule has 1 saturated heterocycles. The summed E-state index contributed by atoms with van der Waals surface area (Å²) < 4.78 is 0. The van der Waals surface area contributed by atoms with Crippen LogP contribution in [-0.4, -0.2) is 29.8 Å². The second kappa shape index (κ2) is 5.66. The van der Waals surface area contributed by atoms with Gasteiger partial charge in [0.25, 0.3) is 0 Å². The predicted octanol–water partition coefficient (Wildman–Crippen LogP) is 4.51. The van der Waals surface area contributed by atoms with Crippen molar-refractivity contribution in [1.29, 1.82) is 0 Å². The van der Waals surface area contributed by atoms with Gasteiger partial charge in [0.15, 0.2) is 0 Å². The summed E-state index contributed by atoms with van der Waals surface area (Å²) in [5.74, 6) is 1.15. The van der Waals surface area contributed by atoms with Gasteiger partial charge in [0.05, 0.1) is 0 Å². The van der Waals surface area contributed by atoms with Crippen LogP contribution in [0.25, 0.3) is 10.8 Å². The van der Waals surface area contributed by atoms with Crippen molar-refractivity contribution in [1.82, 2.24) is 4.90 Å². The number of hydrogen-bond acceptors (Lipinski definition) is 2. The van der Waals surface area contributed by atoms with Crippen molar-refractivity contribution >= 4 is 22.5 Å². The van der Waals surface area contributed by atoms with E-state index in [-0.39, 0.29) is 0 Å². The van der Waals surface area contributed by atoms with E-state index < -0.39 is 0 Å². The lowest BCUT2D eigenvalue weighted by atomic mass is 9.85. The Balaban J connectivity index is 1.77. The second-order valence-electron chi connectivity index (χ2n) is 6.34. The molecule has 2 heteroatoms. The highest BCUT2D eigenvalue weighted by Gasteiger charge is 2.27. The van der Waals surface area contributed by atoms with Gasteiger partial charge >= 0.3 is 0 Å². The van der Waals surface area contributed by atoms with E-state index in [0.717, 1.165) is 11.8 Å². The molecule has 21 heavy (non-hydrogen) atoms. The first-order valence-corrected chi connectivity index (χ1v) is 9.25. The van der Waals surface area contributed by atoms with Crippen molar-refractivity contribution in [3.63, 3.8) is 0 Å². The summed E-state index contributed by atoms with van der Waals surface area (Å²) in [5.41, 5.74) is 3.15. The van der Waals surface area contributed by atoms with Crippen LogP contribution in [0.1, 0.15) is 30.9 Å². The fraction of sp³-hybridized carbons (Fsp3) is 0.474. The SMILES string of the molecule is CCSc1cc2c3c(cccc3c1)CC(N1CCCC1)C2. The van der Waals surface area contributed by atoms with Crippen LogP contribution in [0.2, 0.25) is 0 Å². The lowest BCUT2D eigenvalue weighted by Crippen LogP contribution is -2.38. The molecule has 0 spiro atoms. The molecule has 0 bridgehead atoms. The topological polar surface area (TPSA) is 3.24 Å². The van der Waals surface area contributed by atoms with Crippen molar-refractivity contribution in [3.8, 4) is 0 Å². The molecule has 1 unspecified atom stereocenters. The molecule has 1 aliphatic heterocycles. The lowest BCUT2D eigenvalue weighted by molar-refractivity contribution is 0.237. The van der Waals surface area contributed by atoms with Gasteiger partial charge < -0.3 is 0 Å². The van der Waals surface area contributed by atoms with Crippen LogP contribution in [0.3, 0.4) is 0 Å². The fourth-order valence-electron chi connectivity index (χ4n) is 4.10. The maximum Gasteiger partial charge on any atom is 0.0176 e. The van der Waals surface area contributed by atoms with Crippen LogP contribution in [0.5, 0.6) is 0 Å². The number of benzene rings is 2. The maximum absolute atomic E-state index is 2.72. The third-order valence-corrected chi connectivity index (χ3v) is 5.86. The van der Waals surface area contributed by atoms with E-state index in [1.807, 2.05) is 11.8 Å². The van der Waals surface area contributed by atoms with E-state index in [4.69, 9.17) is 0 Å². The van der Waals surface area contributed by atoms with Crippen LogP contribution in [0.15, 0.2) is 35.2 Å². The van der Waals surface area contributed by atoms with Gasteiger partial charge in [-0.15, -0.1) is 11.8 Å². The number of thioether (sulfide) groups is 1. The molecular weight excluding hydrogens is 274 g/mol. The van der Waals surface area contributed by atoms with Gasteiger partial charge in [-0.25, -0.2) is 0 Å². The Morgan fingerprint density at radius 3 is 2.71 bits per heavy atom. The zero-order chi connectivity index (χ0) is 14.2. The number of likely N-dealkylation sites (tertiary alicyclic amines) is 1. The molecule has 0 radical (unpaired) electrons. The van der Waals surface area contributed by atoms with Gasteiger partial charge in [-0.1, -0.05) is 25.1 Å². The minimum Gasteiger partial charge on any atom is -0.300 e. The molecule has 110 valence electrons. The first-order valence-electron chi connectivity index (χ1n) is 8.26. The molecule has 2 aliphatic rings. The van der Waals surface area contributed by atoms with Crippen molar-refractivity contribution in [2.24, 2.45) is 0 Å². The van der Waals surface area contributed by atoms with E-state index in [2.05, 4.69) is 42.2 Å². The summed E-state index contributed by atoms with van der Waals surface area (Å²) in [6.07, 6.45) is 5.26. The molecule has 1 nitrogen and oxygen atoms in total. The normalized spacial score (nSPS) is 22.0. The van der Waals surface area contributed by atoms with Gasteiger partial charge in [-0.2, -0.15) is 0 Å². The van der Waals surface area contributed by atoms with Crippen molar-refractivity contribution in [3.05, 3.63) is 41.5 Å². The first kappa shape index (κ1) is 13.7. The standard InChI is InChI=1S/C19H23NS/c1-2-21-18-12-15-7-5-6-14-10-17(20-8-3-4-9-20)11-16(13-18)19(14)15/h5-7,12-13,17H,2-4,8-11H2,1H3. The highest BCUT2D eigenvalue weighted by atomic mass is 32.2. The van der Waals surface area contributed by atoms with Crippen LogP contribution in [0.4, 0.5) is 0 Å². The monoisotopic (exact) mass is 297 g/mol. The molecule has 1 heterocycles. The number of rotatable bonds is 3. The van der Waals surface area contributed by atoms with Gasteiger partial charge in [0, 0.05) is 10.9 Å². The van der Waals surface area contributed by atoms with Crippen molar-refractivity contribution < 1.29 is 0 Å². The molecule has 4 rings (SSSR count). The Morgan fingerprint density at radius 1 is 1.10 bits per heavy atom. The van der Waals surface area contributed by atoms with E-state index in [1.54, 1.807) is 16.5 Å². The quantitative estimate of drug-likeness (QED) is 0.767. The molecule has 1 aliphatic carbocycles. The Labute approximate surface area is 131 Å². The molecule has 2 aromatic carbocycles. The second-order valence-corrected chi connectivity index (χ2v) is 7.67. The maximum atomic E-state index is 2.72. The molecule has 0 amide bonds. The summed E-state index contributed by atoms with van der Waals surface area (Å²) in [6.45, 7) is 4.85. The summed E-state index contributed by atoms with van der Waals surface area (Å²) in [6, 6.07) is 12.5. The van der Waals surface area contributed by atoms with Gasteiger partial charge in [0.1, 0.15) is 0 Å². The Kier molecular flexibility index (Phi) is 3.68. The van der Waals surface area contributed by atoms with E-state index in [9.17, 15) is 0 Å². The Hall–Kier alpha value is -0.990. The van der Waals surface area contributed by atoms with Gasteiger partial charge in [0.2, 0.25) is 0 Å². The van der Waals surface area contributed by atoms with Crippen LogP contribution in [-0.2, 0) is 12.8 Å². The number of hydrogen-bond donors (Lipinski definition) is 0. The fourth-order valence-corrected chi connectivity index (χ4v) is 4.87. The van der Waals surface area contributed by atoms with Crippen molar-refractivity contribution in [2.75, 3.05) is 18.8 Å². The Bertz CT molecular complexity index is 658. The third kappa shape index (κ3) is 2.49. The summed E-state index contributed by atoms with van der Waals surface area (Å²) in [5, 5.41) is 2.99. The minimum absolute atomic E-state index is 0.729. The zero-order valence-corrected chi connectivity index (χ0v) is 13.6. The molecular formula is C19H23NS. The van der Waals surface area contributed by atoms with Crippen LogP contribution in [0, 0.1) is 0 Å². The average molecular weight is 297 g/mol. The zero-order valence-electron chi connectivity index (χ0n) is 12.8. The molecule has 0 N–H and O–H groups in total. The summed E-state index contributed by atoms with van der Waals surface area (Å²) >= 11 is 1.97. The van der Waals surface area contributed by atoms with E-state index in [0.29, 0.717) is 0 Å². The summed E-state index contributed by atoms with van der Waals surface area (Å²) in [7, 11) is 0. The van der Waals surface area contributed by atoms with Crippen LogP contribution >= 0.6 is 11.8 Å². The van der Waals surface area contributed by atoms with Gasteiger partial charge in [-0.3, -0.25) is 4.90 Å². The molecule has 1 fully saturated rings. The van der Waals surface area contributed by atoms with Crippen molar-refractivity contribution in [2.45, 2.75) is 43.5 Å². The predicted molar refractivity (Wildman–Crippen MR) is 92.3 cm³/mol. The molecule has 0 aromatic heterocycles.